The van der Waals surface area contributed by atoms with Crippen molar-refractivity contribution in [1.29, 1.82) is 0 Å². The molecule has 0 spiro atoms. The summed E-state index contributed by atoms with van der Waals surface area (Å²) in [6.45, 7) is 2.96. The highest BCUT2D eigenvalue weighted by Crippen LogP contribution is 2.20. The Kier molecular flexibility index (Phi) is 6.18. The predicted molar refractivity (Wildman–Crippen MR) is 34.1 cm³/mol. The van der Waals surface area contributed by atoms with Gasteiger partial charge in [0, 0.05) is 6.08 Å². The highest BCUT2D eigenvalue weighted by atomic mass is 31.2. The van der Waals surface area contributed by atoms with Crippen LogP contribution in [0.15, 0.2) is 12.7 Å². The minimum atomic E-state index is -4.14. The molecule has 0 amide bonds. The van der Waals surface area contributed by atoms with Gasteiger partial charge >= 0.3 is 13.7 Å². The Labute approximate surface area is 57.2 Å². The molecule has 0 saturated carbocycles. The van der Waals surface area contributed by atoms with Crippen LogP contribution in [0.1, 0.15) is 0 Å². The molecule has 0 rings (SSSR count). The summed E-state index contributed by atoms with van der Waals surface area (Å²) in [5, 5.41) is 7.60. The first kappa shape index (κ1) is 12.0. The van der Waals surface area contributed by atoms with E-state index < -0.39 is 13.7 Å². The Hall–Kier alpha value is -0.680. The number of hydrogen-bond donors (Lipinski definition) is 4. The fourth-order valence-corrected chi connectivity index (χ4v) is 0. The predicted octanol–water partition coefficient (Wildman–Crippen LogP) is -0.705. The lowest BCUT2D eigenvalue weighted by Gasteiger charge is -1.84. The second kappa shape index (κ2) is 5.13. The minimum absolute atomic E-state index is 0.833. The topological polar surface area (TPSA) is 121 Å². The second-order valence-electron chi connectivity index (χ2n) is 1.13. The van der Waals surface area contributed by atoms with Gasteiger partial charge in [0.15, 0.2) is 0 Å². The summed E-state index contributed by atoms with van der Waals surface area (Å²) in [5.41, 5.74) is 4.02. The highest BCUT2D eigenvalue weighted by molar-refractivity contribution is 7.49. The Bertz CT molecular complexity index is 152. The van der Waals surface area contributed by atoms with Crippen molar-refractivity contribution in [3.05, 3.63) is 12.7 Å². The summed E-state index contributed by atoms with van der Waals surface area (Å²) >= 11 is 0. The van der Waals surface area contributed by atoms with Gasteiger partial charge < -0.3 is 14.9 Å². The van der Waals surface area contributed by atoms with Crippen molar-refractivity contribution in [3.63, 3.8) is 0 Å². The van der Waals surface area contributed by atoms with Crippen molar-refractivity contribution in [2.45, 2.75) is 0 Å². The molecule has 0 atom stereocenters. The summed E-state index contributed by atoms with van der Waals surface area (Å²) < 4.78 is 9.10. The molecule has 0 unspecified atom stereocenters. The molecule has 0 aromatic rings. The van der Waals surface area contributed by atoms with Gasteiger partial charge in [-0.1, -0.05) is 6.58 Å². The normalized spacial score (nSPS) is 9.10. The van der Waals surface area contributed by atoms with E-state index in [9.17, 15) is 4.79 Å². The van der Waals surface area contributed by atoms with E-state index in [4.69, 9.17) is 19.5 Å². The van der Waals surface area contributed by atoms with E-state index in [1.165, 1.54) is 0 Å². The maximum absolute atomic E-state index is 9.25. The molecule has 0 aliphatic rings. The first-order valence-corrected chi connectivity index (χ1v) is 3.65. The Morgan fingerprint density at radius 2 is 1.70 bits per heavy atom. The third-order valence-electron chi connectivity index (χ3n) is 0.175. The van der Waals surface area contributed by atoms with Crippen molar-refractivity contribution in [2.75, 3.05) is 0 Å². The number of hydrogen-bond acceptors (Lipinski definition) is 2. The van der Waals surface area contributed by atoms with Crippen molar-refractivity contribution in [2.24, 2.45) is 5.50 Å². The molecule has 0 heterocycles. The zero-order chi connectivity index (χ0) is 8.78. The summed E-state index contributed by atoms with van der Waals surface area (Å²) in [6, 6.07) is 0. The van der Waals surface area contributed by atoms with Crippen LogP contribution in [0.25, 0.3) is 0 Å². The molecule has 0 aromatic heterocycles. The maximum Gasteiger partial charge on any atom is 0.397 e. The van der Waals surface area contributed by atoms with E-state index in [0.717, 1.165) is 6.08 Å². The van der Waals surface area contributed by atoms with Crippen LogP contribution in [-0.4, -0.2) is 20.9 Å². The SMILES string of the molecule is C=CC(=O)O.NP(=O)(O)O. The minimum Gasteiger partial charge on any atom is -0.478 e. The van der Waals surface area contributed by atoms with Gasteiger partial charge in [-0.2, -0.15) is 0 Å². The van der Waals surface area contributed by atoms with Crippen LogP contribution >= 0.6 is 7.75 Å². The van der Waals surface area contributed by atoms with Gasteiger partial charge in [-0.15, -0.1) is 0 Å². The molecule has 0 fully saturated rings. The largest absolute Gasteiger partial charge is 0.478 e. The van der Waals surface area contributed by atoms with Crippen LogP contribution in [0.4, 0.5) is 0 Å². The molecule has 0 radical (unpaired) electrons. The molecular weight excluding hydrogens is 161 g/mol. The van der Waals surface area contributed by atoms with Crippen LogP contribution in [0, 0.1) is 0 Å². The number of carboxylic acid groups (broad SMARTS) is 1. The lowest BCUT2D eigenvalue weighted by Crippen LogP contribution is -1.87. The molecule has 0 aromatic carbocycles. The average Bonchev–Trinajstić information content (AvgIpc) is 1.61. The van der Waals surface area contributed by atoms with E-state index in [-0.39, 0.29) is 0 Å². The quantitative estimate of drug-likeness (QED) is 0.304. The van der Waals surface area contributed by atoms with Crippen molar-refractivity contribution in [3.8, 4) is 0 Å². The van der Waals surface area contributed by atoms with Gasteiger partial charge in [0.25, 0.3) is 0 Å². The Morgan fingerprint density at radius 1 is 1.60 bits per heavy atom. The molecule has 0 aliphatic carbocycles. The van der Waals surface area contributed by atoms with Gasteiger partial charge in [0.05, 0.1) is 0 Å². The third-order valence-corrected chi connectivity index (χ3v) is 0.175. The van der Waals surface area contributed by atoms with Crippen LogP contribution in [0.2, 0.25) is 0 Å². The van der Waals surface area contributed by atoms with Crippen molar-refractivity contribution < 1.29 is 24.3 Å². The van der Waals surface area contributed by atoms with E-state index in [2.05, 4.69) is 12.1 Å². The number of rotatable bonds is 1. The van der Waals surface area contributed by atoms with Gasteiger partial charge in [0.2, 0.25) is 0 Å². The Morgan fingerprint density at radius 3 is 1.70 bits per heavy atom. The number of aliphatic carboxylic acids is 1. The van der Waals surface area contributed by atoms with Gasteiger partial charge in [0.1, 0.15) is 0 Å². The summed E-state index contributed by atoms with van der Waals surface area (Å²) in [6.07, 6.45) is 0.833. The second-order valence-corrected chi connectivity index (χ2v) is 2.31. The fraction of sp³-hybridized carbons (Fsp3) is 0. The monoisotopic (exact) mass is 169 g/mol. The van der Waals surface area contributed by atoms with Crippen LogP contribution < -0.4 is 5.50 Å². The van der Waals surface area contributed by atoms with Crippen molar-refractivity contribution >= 4 is 13.7 Å². The molecule has 6 nitrogen and oxygen atoms in total. The van der Waals surface area contributed by atoms with Gasteiger partial charge in [-0.05, 0) is 0 Å². The average molecular weight is 169 g/mol. The molecular formula is C3H8NO5P. The first-order chi connectivity index (χ1) is 4.27. The third kappa shape index (κ3) is 168. The van der Waals surface area contributed by atoms with E-state index in [1.54, 1.807) is 0 Å². The van der Waals surface area contributed by atoms with E-state index in [1.807, 2.05) is 0 Å². The zero-order valence-corrected chi connectivity index (χ0v) is 5.86. The van der Waals surface area contributed by atoms with E-state index in [0.29, 0.717) is 0 Å². The Balaban J connectivity index is 0. The number of nitrogens with two attached hydrogens (primary N) is 1. The molecule has 0 saturated heterocycles. The van der Waals surface area contributed by atoms with Gasteiger partial charge in [-0.3, -0.25) is 0 Å². The zero-order valence-electron chi connectivity index (χ0n) is 4.97. The standard InChI is InChI=1S/C3H4O2.H4NO3P/c1-2-3(4)5;1-5(2,3)4/h2H,1H2,(H,4,5);(H4,1,2,3,4). The molecule has 5 N–H and O–H groups in total. The number of carbonyl (C=O) groups is 1. The summed E-state index contributed by atoms with van der Waals surface area (Å²) in [4.78, 5) is 24.1. The lowest BCUT2D eigenvalue weighted by molar-refractivity contribution is -0.131. The molecule has 60 valence electrons. The summed E-state index contributed by atoms with van der Waals surface area (Å²) in [5.74, 6) is -0.981. The highest BCUT2D eigenvalue weighted by Gasteiger charge is 1.96. The molecule has 10 heavy (non-hydrogen) atoms. The molecule has 0 bridgehead atoms. The van der Waals surface area contributed by atoms with Crippen LogP contribution in [-0.2, 0) is 9.36 Å². The van der Waals surface area contributed by atoms with Gasteiger partial charge in [-0.25, -0.2) is 14.9 Å². The number of carboxylic acids is 1. The smallest absolute Gasteiger partial charge is 0.397 e. The van der Waals surface area contributed by atoms with E-state index >= 15 is 0 Å². The maximum atomic E-state index is 9.25. The van der Waals surface area contributed by atoms with Crippen molar-refractivity contribution in [1.82, 2.24) is 0 Å². The van der Waals surface area contributed by atoms with Crippen LogP contribution in [0.5, 0.6) is 0 Å². The van der Waals surface area contributed by atoms with Crippen LogP contribution in [0.3, 0.4) is 0 Å². The lowest BCUT2D eigenvalue weighted by atomic mass is 10.7. The molecule has 0 aliphatic heterocycles. The summed E-state index contributed by atoms with van der Waals surface area (Å²) in [7, 11) is -4.14. The molecule has 7 heteroatoms. The fourth-order valence-electron chi connectivity index (χ4n) is 0. The first-order valence-electron chi connectivity index (χ1n) is 1.97.